The molecule has 0 saturated carbocycles. The number of carbonyl (C=O) groups is 1. The van der Waals surface area contributed by atoms with Crippen LogP contribution in [0.4, 0.5) is 0 Å². The Morgan fingerprint density at radius 1 is 0.485 bits per heavy atom. The zero-order valence-corrected chi connectivity index (χ0v) is 44.3. The lowest BCUT2D eigenvalue weighted by Crippen LogP contribution is -2.37. The summed E-state index contributed by atoms with van der Waals surface area (Å²) in [4.78, 5) is 23.0. The second-order valence-corrected chi connectivity index (χ2v) is 20.3. The number of rotatable bonds is 49. The first-order chi connectivity index (χ1) is 32.1. The summed E-state index contributed by atoms with van der Waals surface area (Å²) >= 11 is 0. The maximum Gasteiger partial charge on any atom is 0.472 e. The van der Waals surface area contributed by atoms with Gasteiger partial charge in [0.25, 0.3) is 0 Å². The molecule has 0 amide bonds. The summed E-state index contributed by atoms with van der Waals surface area (Å²) < 4.78 is 35.2. The molecule has 0 radical (unpaired) electrons. The van der Waals surface area contributed by atoms with Gasteiger partial charge in [-0.25, -0.2) is 4.57 Å². The summed E-state index contributed by atoms with van der Waals surface area (Å²) in [5.41, 5.74) is 0. The molecule has 0 aliphatic carbocycles. The molecule has 0 rings (SSSR count). The van der Waals surface area contributed by atoms with Crippen molar-refractivity contribution in [2.24, 2.45) is 0 Å². The van der Waals surface area contributed by atoms with Crippen molar-refractivity contribution < 1.29 is 37.3 Å². The monoisotopic (exact) mass is 945 g/mol. The van der Waals surface area contributed by atoms with Crippen LogP contribution in [0, 0.1) is 0 Å². The summed E-state index contributed by atoms with van der Waals surface area (Å²) in [5, 5.41) is 0. The first-order valence-corrected chi connectivity index (χ1v) is 28.3. The third-order valence-corrected chi connectivity index (χ3v) is 12.2. The van der Waals surface area contributed by atoms with E-state index in [1.54, 1.807) is 0 Å². The van der Waals surface area contributed by atoms with Crippen LogP contribution in [0.25, 0.3) is 0 Å². The summed E-state index contributed by atoms with van der Waals surface area (Å²) in [6.45, 7) is 5.47. The van der Waals surface area contributed by atoms with E-state index in [0.717, 1.165) is 77.0 Å². The Kier molecular flexibility index (Phi) is 47.4. The molecule has 0 aromatic heterocycles. The van der Waals surface area contributed by atoms with Crippen molar-refractivity contribution in [1.82, 2.24) is 0 Å². The lowest BCUT2D eigenvalue weighted by Gasteiger charge is -2.24. The standard InChI is InChI=1S/C57H102NO7P/c1-6-8-10-12-14-16-18-20-22-24-26-27-28-29-30-31-32-34-36-38-40-42-44-46-48-50-57(59)65-56(55-64-66(60,61)63-53-51-58(3,4)5)54-62-52-49-47-45-43-41-39-37-35-33-25-23-21-19-17-15-13-11-9-7-2/h8,10,14,16-17,19-20,22-23,25-27,29-30,56H,6-7,9,11-13,15,18,21,24,28,31-55H2,1-5H3/p+1/b10-8-,16-14-,19-17-,22-20-,25-23-,27-26-,30-29-. The van der Waals surface area contributed by atoms with Crippen LogP contribution in [0.1, 0.15) is 213 Å². The average Bonchev–Trinajstić information content (AvgIpc) is 3.28. The molecular weight excluding hydrogens is 842 g/mol. The van der Waals surface area contributed by atoms with Gasteiger partial charge in [0.05, 0.1) is 34.4 Å². The summed E-state index contributed by atoms with van der Waals surface area (Å²) in [7, 11) is 1.65. The number of hydrogen-bond donors (Lipinski definition) is 1. The SMILES string of the molecule is CC/C=C\C/C=C\C/C=C\C/C=C\C/C=C\CCCCCCCCCCCC(=O)OC(COCCCCCCCCCC/C=C\C/C=C\CCCCCC)COP(=O)(O)OCC[N+](C)(C)C. The Hall–Kier alpha value is -2.32. The van der Waals surface area contributed by atoms with E-state index in [1.807, 2.05) is 21.1 Å². The minimum atomic E-state index is -4.29. The molecule has 0 bridgehead atoms. The maximum absolute atomic E-state index is 12.8. The van der Waals surface area contributed by atoms with Gasteiger partial charge in [0.2, 0.25) is 0 Å². The van der Waals surface area contributed by atoms with Gasteiger partial charge in [0.15, 0.2) is 0 Å². The van der Waals surface area contributed by atoms with Crippen LogP contribution < -0.4 is 0 Å². The van der Waals surface area contributed by atoms with Crippen LogP contribution in [-0.2, 0) is 27.9 Å². The van der Waals surface area contributed by atoms with Gasteiger partial charge in [-0.15, -0.1) is 0 Å². The second kappa shape index (κ2) is 49.1. The fourth-order valence-corrected chi connectivity index (χ4v) is 7.82. The summed E-state index contributed by atoms with van der Waals surface area (Å²) in [5.74, 6) is -0.324. The molecule has 8 nitrogen and oxygen atoms in total. The molecule has 9 heteroatoms. The van der Waals surface area contributed by atoms with Gasteiger partial charge in [0.1, 0.15) is 19.3 Å². The van der Waals surface area contributed by atoms with E-state index in [9.17, 15) is 14.3 Å². The molecule has 382 valence electrons. The summed E-state index contributed by atoms with van der Waals surface area (Å²) in [6, 6.07) is 0. The molecule has 0 aliphatic heterocycles. The number of likely N-dealkylation sites (N-methyl/N-ethyl adjacent to an activating group) is 1. The second-order valence-electron chi connectivity index (χ2n) is 18.9. The van der Waals surface area contributed by atoms with E-state index >= 15 is 0 Å². The predicted molar refractivity (Wildman–Crippen MR) is 284 cm³/mol. The van der Waals surface area contributed by atoms with Crippen LogP contribution >= 0.6 is 7.82 Å². The highest BCUT2D eigenvalue weighted by molar-refractivity contribution is 7.47. The van der Waals surface area contributed by atoms with Crippen molar-refractivity contribution in [3.8, 4) is 0 Å². The third kappa shape index (κ3) is 52.6. The normalized spacial score (nSPS) is 14.2. The number of allylic oxidation sites excluding steroid dienone is 14. The third-order valence-electron chi connectivity index (χ3n) is 11.2. The van der Waals surface area contributed by atoms with Crippen molar-refractivity contribution in [2.45, 2.75) is 219 Å². The van der Waals surface area contributed by atoms with Gasteiger partial charge in [0, 0.05) is 13.0 Å². The van der Waals surface area contributed by atoms with Crippen molar-refractivity contribution in [1.29, 1.82) is 0 Å². The molecule has 0 heterocycles. The number of carbonyl (C=O) groups excluding carboxylic acids is 1. The highest BCUT2D eigenvalue weighted by Gasteiger charge is 2.26. The van der Waals surface area contributed by atoms with Crippen molar-refractivity contribution in [3.63, 3.8) is 0 Å². The van der Waals surface area contributed by atoms with Gasteiger partial charge in [-0.2, -0.15) is 0 Å². The van der Waals surface area contributed by atoms with Gasteiger partial charge in [-0.3, -0.25) is 13.8 Å². The van der Waals surface area contributed by atoms with E-state index in [0.29, 0.717) is 24.1 Å². The van der Waals surface area contributed by atoms with Gasteiger partial charge in [-0.1, -0.05) is 202 Å². The van der Waals surface area contributed by atoms with Crippen LogP contribution in [0.3, 0.4) is 0 Å². The molecule has 0 aromatic rings. The van der Waals surface area contributed by atoms with Crippen molar-refractivity contribution >= 4 is 13.8 Å². The van der Waals surface area contributed by atoms with Gasteiger partial charge >= 0.3 is 13.8 Å². The number of ether oxygens (including phenoxy) is 2. The molecule has 0 fully saturated rings. The molecule has 0 spiro atoms. The molecule has 0 aliphatic rings. The number of phosphoric acid groups is 1. The largest absolute Gasteiger partial charge is 0.472 e. The van der Waals surface area contributed by atoms with E-state index in [4.69, 9.17) is 18.5 Å². The highest BCUT2D eigenvalue weighted by atomic mass is 31.2. The molecule has 1 N–H and O–H groups in total. The number of unbranched alkanes of at least 4 members (excludes halogenated alkanes) is 21. The van der Waals surface area contributed by atoms with Crippen LogP contribution in [0.15, 0.2) is 85.1 Å². The predicted octanol–water partition coefficient (Wildman–Crippen LogP) is 16.8. The number of esters is 1. The zero-order valence-electron chi connectivity index (χ0n) is 43.4. The zero-order chi connectivity index (χ0) is 48.3. The molecule has 66 heavy (non-hydrogen) atoms. The van der Waals surface area contributed by atoms with Crippen molar-refractivity contribution in [3.05, 3.63) is 85.1 Å². The van der Waals surface area contributed by atoms with Crippen LogP contribution in [0.2, 0.25) is 0 Å². The minimum absolute atomic E-state index is 0.0821. The Morgan fingerprint density at radius 3 is 1.32 bits per heavy atom. The van der Waals surface area contributed by atoms with Crippen LogP contribution in [-0.4, -0.2) is 75.6 Å². The van der Waals surface area contributed by atoms with E-state index in [2.05, 4.69) is 98.9 Å². The molecule has 2 atom stereocenters. The average molecular weight is 945 g/mol. The lowest BCUT2D eigenvalue weighted by atomic mass is 10.1. The van der Waals surface area contributed by atoms with Crippen molar-refractivity contribution in [2.75, 3.05) is 54.1 Å². The fraction of sp³-hybridized carbons (Fsp3) is 0.737. The highest BCUT2D eigenvalue weighted by Crippen LogP contribution is 2.43. The Morgan fingerprint density at radius 2 is 0.879 bits per heavy atom. The smallest absolute Gasteiger partial charge is 0.457 e. The van der Waals surface area contributed by atoms with Crippen LogP contribution in [0.5, 0.6) is 0 Å². The number of phosphoric ester groups is 1. The lowest BCUT2D eigenvalue weighted by molar-refractivity contribution is -0.870. The van der Waals surface area contributed by atoms with E-state index in [-0.39, 0.29) is 25.8 Å². The van der Waals surface area contributed by atoms with Gasteiger partial charge in [-0.05, 0) is 89.9 Å². The molecule has 0 saturated heterocycles. The maximum atomic E-state index is 12.8. The Labute approximate surface area is 407 Å². The Balaban J connectivity index is 4.16. The minimum Gasteiger partial charge on any atom is -0.457 e. The molecule has 2 unspecified atom stereocenters. The first kappa shape index (κ1) is 63.7. The summed E-state index contributed by atoms with van der Waals surface area (Å²) in [6.07, 6.45) is 66.3. The first-order valence-electron chi connectivity index (χ1n) is 26.8. The van der Waals surface area contributed by atoms with Gasteiger partial charge < -0.3 is 18.9 Å². The Bertz CT molecular complexity index is 1330. The molecular formula is C57H103NO7P+. The van der Waals surface area contributed by atoms with E-state index in [1.165, 1.54) is 116 Å². The number of nitrogens with zero attached hydrogens (tertiary/aromatic N) is 1. The number of hydrogen-bond acceptors (Lipinski definition) is 6. The quantitative estimate of drug-likeness (QED) is 0.0214. The van der Waals surface area contributed by atoms with E-state index < -0.39 is 13.9 Å². The number of quaternary nitrogens is 1. The topological polar surface area (TPSA) is 91.3 Å². The molecule has 0 aromatic carbocycles. The fourth-order valence-electron chi connectivity index (χ4n) is 7.08.